The Morgan fingerprint density at radius 1 is 0.885 bits per heavy atom. The van der Waals surface area contributed by atoms with E-state index < -0.39 is 41.4 Å². The first-order valence-corrected chi connectivity index (χ1v) is 21.0. The molecule has 1 aliphatic carbocycles. The van der Waals surface area contributed by atoms with Gasteiger partial charge in [-0.25, -0.2) is 4.98 Å². The summed E-state index contributed by atoms with van der Waals surface area (Å²) in [5.41, 5.74) is 2.80. The highest BCUT2D eigenvalue weighted by molar-refractivity contribution is 6.23. The van der Waals surface area contributed by atoms with E-state index in [0.29, 0.717) is 49.4 Å². The number of piperidine rings is 1. The number of piperazine rings is 1. The quantitative estimate of drug-likeness (QED) is 0.112. The van der Waals surface area contributed by atoms with Gasteiger partial charge < -0.3 is 19.4 Å². The van der Waals surface area contributed by atoms with Crippen LogP contribution in [0.4, 0.5) is 19.1 Å². The number of halogens is 3. The molecule has 16 heteroatoms. The Morgan fingerprint density at radius 2 is 1.64 bits per heavy atom. The first-order chi connectivity index (χ1) is 29.3. The van der Waals surface area contributed by atoms with Crippen molar-refractivity contribution in [2.24, 2.45) is 5.92 Å². The molecule has 1 aromatic heterocycles. The number of hydrogen-bond acceptors (Lipinski definition) is 9. The molecule has 1 saturated carbocycles. The molecule has 4 amide bonds. The average Bonchev–Trinajstić information content (AvgIpc) is 3.71. The Morgan fingerprint density at radius 3 is 2.39 bits per heavy atom. The van der Waals surface area contributed by atoms with Gasteiger partial charge in [0.1, 0.15) is 18.4 Å². The Hall–Kier alpha value is -5.58. The lowest BCUT2D eigenvalue weighted by Gasteiger charge is -2.34. The van der Waals surface area contributed by atoms with Crippen LogP contribution in [-0.4, -0.2) is 106 Å². The highest BCUT2D eigenvalue weighted by Crippen LogP contribution is 2.37. The fraction of sp³-hybridized carbons (Fsp3) is 0.444. The van der Waals surface area contributed by atoms with E-state index in [1.54, 1.807) is 18.2 Å². The Balaban J connectivity index is 0.801. The number of imide groups is 1. The monoisotopic (exact) mass is 841 g/mol. The largest absolute Gasteiger partial charge is 0.491 e. The minimum Gasteiger partial charge on any atom is -0.491 e. The van der Waals surface area contributed by atoms with E-state index in [2.05, 4.69) is 44.6 Å². The molecule has 2 N–H and O–H groups in total. The van der Waals surface area contributed by atoms with Crippen LogP contribution in [0.15, 0.2) is 72.9 Å². The van der Waals surface area contributed by atoms with Crippen LogP contribution in [0.5, 0.6) is 5.75 Å². The number of rotatable bonds is 13. The summed E-state index contributed by atoms with van der Waals surface area (Å²) >= 11 is 0. The molecule has 61 heavy (non-hydrogen) atoms. The minimum atomic E-state index is -4.56. The van der Waals surface area contributed by atoms with Gasteiger partial charge in [0, 0.05) is 56.6 Å². The summed E-state index contributed by atoms with van der Waals surface area (Å²) in [5.74, 6) is -0.644. The van der Waals surface area contributed by atoms with Crippen molar-refractivity contribution in [3.05, 3.63) is 101 Å². The molecular formula is C45H50F3N7O6. The molecule has 4 aliphatic rings. The van der Waals surface area contributed by atoms with E-state index in [1.807, 2.05) is 12.1 Å². The third-order valence-electron chi connectivity index (χ3n) is 12.2. The molecule has 0 radical (unpaired) electrons. The fourth-order valence-corrected chi connectivity index (χ4v) is 8.77. The number of allylic oxidation sites excluding steroid dienone is 1. The number of fused-ring (bicyclic) bond motifs is 2. The van der Waals surface area contributed by atoms with E-state index >= 15 is 0 Å². The predicted octanol–water partition coefficient (Wildman–Crippen LogP) is 6.66. The minimum absolute atomic E-state index is 0.0778. The summed E-state index contributed by atoms with van der Waals surface area (Å²) in [7, 11) is 0. The summed E-state index contributed by atoms with van der Waals surface area (Å²) in [6.45, 7) is 12.1. The lowest BCUT2D eigenvalue weighted by atomic mass is 9.87. The molecule has 322 valence electrons. The van der Waals surface area contributed by atoms with Crippen molar-refractivity contribution in [1.82, 2.24) is 29.6 Å². The number of imidazole rings is 1. The Kier molecular flexibility index (Phi) is 12.3. The van der Waals surface area contributed by atoms with Gasteiger partial charge >= 0.3 is 6.18 Å². The van der Waals surface area contributed by atoms with Crippen molar-refractivity contribution in [3.63, 3.8) is 0 Å². The molecular weight excluding hydrogens is 792 g/mol. The van der Waals surface area contributed by atoms with E-state index in [1.165, 1.54) is 12.1 Å². The van der Waals surface area contributed by atoms with Crippen LogP contribution in [0.1, 0.15) is 93.7 Å². The molecule has 3 fully saturated rings. The summed E-state index contributed by atoms with van der Waals surface area (Å²) < 4.78 is 54.0. The maximum Gasteiger partial charge on any atom is 0.416 e. The smallest absolute Gasteiger partial charge is 0.416 e. The highest BCUT2D eigenvalue weighted by Gasteiger charge is 2.44. The van der Waals surface area contributed by atoms with Gasteiger partial charge in [0.05, 0.1) is 40.9 Å². The predicted molar refractivity (Wildman–Crippen MR) is 221 cm³/mol. The van der Waals surface area contributed by atoms with Gasteiger partial charge in [-0.3, -0.25) is 39.2 Å². The van der Waals surface area contributed by atoms with E-state index in [-0.39, 0.29) is 29.3 Å². The van der Waals surface area contributed by atoms with Crippen LogP contribution >= 0.6 is 0 Å². The summed E-state index contributed by atoms with van der Waals surface area (Å²) in [6, 6.07) is 14.6. The summed E-state index contributed by atoms with van der Waals surface area (Å²) in [4.78, 5) is 62.6. The number of anilines is 1. The second-order valence-electron chi connectivity index (χ2n) is 16.5. The SMILES string of the molecule is C=C1CCC(N2C(=O)c3ccc(OCCOCCN4CCN(Cc5ccc6c(c5)nc(NC(=O)c5cccc(C(F)(F)F)c5)n6[C@H]5CC[C@@H](C)CC5)CC4)cc3C2=O)C(=O)N1. The van der Waals surface area contributed by atoms with Crippen molar-refractivity contribution in [2.75, 3.05) is 57.9 Å². The number of carbonyl (C=O) groups excluding carboxylic acids is 4. The molecule has 1 atom stereocenters. The van der Waals surface area contributed by atoms with Crippen LogP contribution in [0, 0.1) is 5.92 Å². The van der Waals surface area contributed by atoms with E-state index in [4.69, 9.17) is 14.5 Å². The fourth-order valence-electron chi connectivity index (χ4n) is 8.77. The van der Waals surface area contributed by atoms with Crippen LogP contribution < -0.4 is 15.4 Å². The molecule has 0 spiro atoms. The second-order valence-corrected chi connectivity index (χ2v) is 16.5. The number of hydrogen-bond donors (Lipinski definition) is 2. The highest BCUT2D eigenvalue weighted by atomic mass is 19.4. The zero-order valence-corrected chi connectivity index (χ0v) is 34.1. The topological polar surface area (TPSA) is 138 Å². The van der Waals surface area contributed by atoms with Gasteiger partial charge in [0.25, 0.3) is 17.7 Å². The standard InChI is InChI=1S/C45H50F3N7O6/c1-28-6-10-33(11-7-28)54-38-15-9-30(24-37(38)50-44(54)51-40(56)31-4-3-5-32(25-31)45(46,47)48)27-53-18-16-52(17-19-53)20-21-60-22-23-61-34-12-13-35-36(26-34)43(59)55(42(35)58)39-14-8-29(2)49-41(39)57/h3-5,9,12-13,15,24-26,28,33,39H,2,6-8,10-11,14,16-23,27H2,1H3,(H,49,57)(H,50,51,56)/t28-,33+,39?. The summed E-state index contributed by atoms with van der Waals surface area (Å²) in [5, 5.41) is 5.48. The zero-order valence-electron chi connectivity index (χ0n) is 34.1. The number of alkyl halides is 3. The van der Waals surface area contributed by atoms with E-state index in [0.717, 1.165) is 98.6 Å². The van der Waals surface area contributed by atoms with E-state index in [9.17, 15) is 32.3 Å². The van der Waals surface area contributed by atoms with Gasteiger partial charge in [-0.1, -0.05) is 25.6 Å². The first-order valence-electron chi connectivity index (χ1n) is 21.0. The van der Waals surface area contributed by atoms with Crippen molar-refractivity contribution < 1.29 is 41.8 Å². The molecule has 4 heterocycles. The molecule has 2 saturated heterocycles. The molecule has 4 aromatic rings. The van der Waals surface area contributed by atoms with Crippen LogP contribution in [0.3, 0.4) is 0 Å². The van der Waals surface area contributed by atoms with Crippen molar-refractivity contribution in [2.45, 2.75) is 70.3 Å². The number of benzene rings is 3. The number of aromatic nitrogens is 2. The molecule has 3 aromatic carbocycles. The molecule has 3 aliphatic heterocycles. The van der Waals surface area contributed by atoms with Crippen LogP contribution in [0.2, 0.25) is 0 Å². The van der Waals surface area contributed by atoms with Gasteiger partial charge in [0.15, 0.2) is 0 Å². The van der Waals surface area contributed by atoms with Crippen molar-refractivity contribution in [3.8, 4) is 5.75 Å². The van der Waals surface area contributed by atoms with Gasteiger partial charge in [0.2, 0.25) is 11.9 Å². The van der Waals surface area contributed by atoms with Crippen LogP contribution in [-0.2, 0) is 22.3 Å². The van der Waals surface area contributed by atoms with Gasteiger partial charge in [-0.2, -0.15) is 13.2 Å². The van der Waals surface area contributed by atoms with Gasteiger partial charge in [-0.15, -0.1) is 0 Å². The average molecular weight is 842 g/mol. The normalized spacial score (nSPS) is 21.5. The summed E-state index contributed by atoms with van der Waals surface area (Å²) in [6.07, 6.45) is 0.213. The molecule has 1 unspecified atom stereocenters. The lowest BCUT2D eigenvalue weighted by Crippen LogP contribution is -2.51. The molecule has 8 rings (SSSR count). The second kappa shape index (κ2) is 17.8. The maximum atomic E-state index is 13.4. The van der Waals surface area contributed by atoms with Crippen molar-refractivity contribution in [1.29, 1.82) is 0 Å². The zero-order chi connectivity index (χ0) is 42.8. The van der Waals surface area contributed by atoms with Crippen LogP contribution in [0.25, 0.3) is 11.0 Å². The Bertz CT molecular complexity index is 2330. The number of nitrogens with one attached hydrogen (secondary N) is 2. The number of nitrogens with zero attached hydrogens (tertiary/aromatic N) is 5. The third-order valence-corrected chi connectivity index (χ3v) is 12.2. The van der Waals surface area contributed by atoms with Crippen molar-refractivity contribution >= 4 is 40.6 Å². The Labute approximate surface area is 351 Å². The molecule has 13 nitrogen and oxygen atoms in total. The lowest BCUT2D eigenvalue weighted by molar-refractivity contribution is -0.137. The number of amides is 4. The first kappa shape index (κ1) is 42.1. The third kappa shape index (κ3) is 9.36. The van der Waals surface area contributed by atoms with Gasteiger partial charge in [-0.05, 0) is 98.5 Å². The maximum absolute atomic E-state index is 13.4. The number of ether oxygens (including phenoxy) is 2. The molecule has 0 bridgehead atoms. The number of carbonyl (C=O) groups is 4.